The van der Waals surface area contributed by atoms with Crippen molar-refractivity contribution in [2.75, 3.05) is 39.3 Å². The quantitative estimate of drug-likeness (QED) is 0.367. The third kappa shape index (κ3) is 9.01. The molecular weight excluding hydrogens is 482 g/mol. The van der Waals surface area contributed by atoms with Gasteiger partial charge in [-0.3, -0.25) is 44.2 Å². The van der Waals surface area contributed by atoms with Gasteiger partial charge in [-0.15, -0.1) is 0 Å². The van der Waals surface area contributed by atoms with Gasteiger partial charge in [0, 0.05) is 50.9 Å². The number of carbonyl (C=O) groups excluding carboxylic acids is 1. The van der Waals surface area contributed by atoms with Gasteiger partial charge in [-0.1, -0.05) is 18.2 Å². The summed E-state index contributed by atoms with van der Waals surface area (Å²) in [5, 5.41) is 30.3. The number of carboxylic acid groups (broad SMARTS) is 2. The van der Waals surface area contributed by atoms with Crippen LogP contribution in [0.1, 0.15) is 23.9 Å². The van der Waals surface area contributed by atoms with Crippen LogP contribution in [0.5, 0.6) is 0 Å². The molecule has 0 spiro atoms. The first-order chi connectivity index (χ1) is 17.6. The molecule has 1 aliphatic rings. The van der Waals surface area contributed by atoms with Crippen molar-refractivity contribution in [3.05, 3.63) is 69.5 Å². The Labute approximate surface area is 214 Å². The summed E-state index contributed by atoms with van der Waals surface area (Å²) < 4.78 is 0. The molecule has 37 heavy (non-hydrogen) atoms. The highest BCUT2D eigenvalue weighted by Gasteiger charge is 2.27. The molecule has 1 aliphatic heterocycles. The van der Waals surface area contributed by atoms with Crippen molar-refractivity contribution in [3.63, 3.8) is 0 Å². The van der Waals surface area contributed by atoms with Crippen LogP contribution in [-0.4, -0.2) is 97.9 Å². The predicted octanol–water partition coefficient (Wildman–Crippen LogP) is 1.28. The Bertz CT molecular complexity index is 1120. The average molecular weight is 514 g/mol. The summed E-state index contributed by atoms with van der Waals surface area (Å²) in [5.41, 5.74) is 2.11. The topological polar surface area (TPSA) is 157 Å². The Balaban J connectivity index is 1.99. The van der Waals surface area contributed by atoms with E-state index in [0.717, 1.165) is 11.3 Å². The molecule has 1 atom stereocenters. The van der Waals surface area contributed by atoms with Gasteiger partial charge < -0.3 is 10.2 Å². The van der Waals surface area contributed by atoms with E-state index in [1.807, 2.05) is 17.0 Å². The van der Waals surface area contributed by atoms with E-state index in [1.54, 1.807) is 28.0 Å². The number of aliphatic carboxylic acids is 2. The lowest BCUT2D eigenvalue weighted by molar-refractivity contribution is -0.384. The van der Waals surface area contributed by atoms with Gasteiger partial charge in [-0.05, 0) is 31.0 Å². The lowest BCUT2D eigenvalue weighted by Gasteiger charge is -2.36. The monoisotopic (exact) mass is 513 g/mol. The summed E-state index contributed by atoms with van der Waals surface area (Å²) in [7, 11) is 0. The smallest absolute Gasteiger partial charge is 0.317 e. The number of carboxylic acids is 2. The fraction of sp³-hybridized carbons (Fsp3) is 0.440. The Kier molecular flexibility index (Phi) is 9.78. The van der Waals surface area contributed by atoms with E-state index in [9.17, 15) is 34.7 Å². The summed E-state index contributed by atoms with van der Waals surface area (Å²) in [4.78, 5) is 56.0. The first kappa shape index (κ1) is 27.8. The number of benzene rings is 1. The highest BCUT2D eigenvalue weighted by Crippen LogP contribution is 2.18. The fourth-order valence-corrected chi connectivity index (χ4v) is 4.54. The second-order valence-corrected chi connectivity index (χ2v) is 9.24. The van der Waals surface area contributed by atoms with Crippen molar-refractivity contribution in [2.24, 2.45) is 0 Å². The lowest BCUT2D eigenvalue weighted by Crippen LogP contribution is -2.50. The van der Waals surface area contributed by atoms with E-state index in [4.69, 9.17) is 0 Å². The van der Waals surface area contributed by atoms with E-state index in [2.05, 4.69) is 4.98 Å². The number of hydrogen-bond acceptors (Lipinski definition) is 9. The Hall–Kier alpha value is -3.74. The van der Waals surface area contributed by atoms with Crippen molar-refractivity contribution in [2.45, 2.75) is 32.5 Å². The highest BCUT2D eigenvalue weighted by atomic mass is 16.6. The number of carbonyl (C=O) groups is 3. The maximum absolute atomic E-state index is 11.9. The van der Waals surface area contributed by atoms with Crippen molar-refractivity contribution in [3.8, 4) is 0 Å². The molecule has 0 saturated heterocycles. The van der Waals surface area contributed by atoms with Gasteiger partial charge in [0.25, 0.3) is 5.69 Å². The van der Waals surface area contributed by atoms with Crippen molar-refractivity contribution in [1.29, 1.82) is 0 Å². The summed E-state index contributed by atoms with van der Waals surface area (Å²) >= 11 is 0. The minimum atomic E-state index is -1.03. The molecule has 0 saturated carbocycles. The summed E-state index contributed by atoms with van der Waals surface area (Å²) in [6.07, 6.45) is 0.349. The number of hydrogen-bond donors (Lipinski definition) is 2. The van der Waals surface area contributed by atoms with E-state index >= 15 is 0 Å². The average Bonchev–Trinajstić information content (AvgIpc) is 2.80. The Morgan fingerprint density at radius 3 is 2.14 bits per heavy atom. The minimum absolute atomic E-state index is 0.0249. The molecule has 1 unspecified atom stereocenters. The van der Waals surface area contributed by atoms with Crippen LogP contribution >= 0.6 is 0 Å². The molecule has 12 nitrogen and oxygen atoms in total. The molecule has 2 heterocycles. The van der Waals surface area contributed by atoms with Gasteiger partial charge >= 0.3 is 11.9 Å². The van der Waals surface area contributed by atoms with E-state index in [-0.39, 0.29) is 44.2 Å². The van der Waals surface area contributed by atoms with Crippen molar-refractivity contribution in [1.82, 2.24) is 19.7 Å². The van der Waals surface area contributed by atoms with Gasteiger partial charge in [0.2, 0.25) is 0 Å². The maximum atomic E-state index is 11.9. The zero-order valence-corrected chi connectivity index (χ0v) is 20.7. The number of nitro benzene ring substituents is 1. The van der Waals surface area contributed by atoms with Crippen LogP contribution < -0.4 is 0 Å². The Morgan fingerprint density at radius 2 is 1.57 bits per heavy atom. The van der Waals surface area contributed by atoms with E-state index < -0.39 is 22.9 Å². The number of nitrogens with zero attached hydrogens (tertiary/aromatic N) is 5. The molecular formula is C25H31N5O7. The van der Waals surface area contributed by atoms with Crippen molar-refractivity contribution < 1.29 is 29.5 Å². The van der Waals surface area contributed by atoms with Crippen LogP contribution in [0.4, 0.5) is 5.69 Å². The zero-order chi connectivity index (χ0) is 26.9. The number of pyridine rings is 1. The van der Waals surface area contributed by atoms with Crippen LogP contribution in [0, 0.1) is 10.1 Å². The van der Waals surface area contributed by atoms with Gasteiger partial charge in [0.1, 0.15) is 5.78 Å². The highest BCUT2D eigenvalue weighted by molar-refractivity contribution is 5.77. The molecule has 12 heteroatoms. The number of Topliss-reactive ketones (excluding diaryl/α,β-unsaturated/α-hetero) is 1. The normalized spacial score (nSPS) is 17.9. The first-order valence-corrected chi connectivity index (χ1v) is 11.9. The number of rotatable bonds is 9. The third-order valence-electron chi connectivity index (χ3n) is 6.09. The van der Waals surface area contributed by atoms with Gasteiger partial charge in [0.15, 0.2) is 0 Å². The number of non-ortho nitro benzene ring substituents is 1. The van der Waals surface area contributed by atoms with Gasteiger partial charge in [0.05, 0.1) is 35.9 Å². The fourth-order valence-electron chi connectivity index (χ4n) is 4.54. The summed E-state index contributed by atoms with van der Waals surface area (Å²) in [6, 6.07) is 11.1. The molecule has 2 bridgehead atoms. The SMILES string of the molecule is CC(=O)CN1CCN(CC(=O)O)C(Cc2ccc([N+](=O)[O-])cc2)CN(CC(=O)O)Cc2cccc(n2)C1. The molecule has 0 amide bonds. The predicted molar refractivity (Wildman–Crippen MR) is 133 cm³/mol. The summed E-state index contributed by atoms with van der Waals surface area (Å²) in [6.45, 7) is 2.71. The van der Waals surface area contributed by atoms with Crippen molar-refractivity contribution >= 4 is 23.4 Å². The molecule has 0 radical (unpaired) electrons. The summed E-state index contributed by atoms with van der Waals surface area (Å²) in [5.74, 6) is -2.08. The third-order valence-corrected chi connectivity index (χ3v) is 6.09. The molecule has 198 valence electrons. The largest absolute Gasteiger partial charge is 0.480 e. The van der Waals surface area contributed by atoms with Crippen LogP contribution in [0.3, 0.4) is 0 Å². The van der Waals surface area contributed by atoms with E-state index in [0.29, 0.717) is 31.7 Å². The Morgan fingerprint density at radius 1 is 0.946 bits per heavy atom. The lowest BCUT2D eigenvalue weighted by atomic mass is 10.0. The van der Waals surface area contributed by atoms with E-state index in [1.165, 1.54) is 19.1 Å². The van der Waals surface area contributed by atoms with Crippen LogP contribution in [0.25, 0.3) is 0 Å². The second kappa shape index (κ2) is 13.0. The first-order valence-electron chi connectivity index (χ1n) is 11.9. The molecule has 0 aliphatic carbocycles. The van der Waals surface area contributed by atoms with Crippen LogP contribution in [0.2, 0.25) is 0 Å². The number of aromatic nitrogens is 1. The molecule has 1 aromatic carbocycles. The number of ketones is 1. The molecule has 1 aromatic heterocycles. The number of fused-ring (bicyclic) bond motifs is 2. The van der Waals surface area contributed by atoms with Crippen LogP contribution in [-0.2, 0) is 33.9 Å². The zero-order valence-electron chi connectivity index (χ0n) is 20.7. The standard InChI is InChI=1S/C25H31N5O7/c1-18(31)12-27-9-10-29(17-25(34)35)23(11-19-5-7-22(8-6-19)30(36)37)15-28(16-24(32)33)14-21-4-2-3-20(13-27)26-21/h2-8,23H,9-17H2,1H3,(H,32,33)(H,34,35). The maximum Gasteiger partial charge on any atom is 0.317 e. The molecule has 0 fully saturated rings. The molecule has 2 aromatic rings. The molecule has 3 rings (SSSR count). The second-order valence-electron chi connectivity index (χ2n) is 9.24. The minimum Gasteiger partial charge on any atom is -0.480 e. The molecule has 2 N–H and O–H groups in total. The van der Waals surface area contributed by atoms with Crippen LogP contribution in [0.15, 0.2) is 42.5 Å². The number of nitro groups is 1. The van der Waals surface area contributed by atoms with Gasteiger partial charge in [-0.25, -0.2) is 0 Å². The van der Waals surface area contributed by atoms with Gasteiger partial charge in [-0.2, -0.15) is 0 Å².